The first kappa shape index (κ1) is 15.0. The number of hydrogen-bond donors (Lipinski definition) is 1. The topological polar surface area (TPSA) is 65.9 Å². The van der Waals surface area contributed by atoms with Crippen LogP contribution in [0.3, 0.4) is 0 Å². The molecule has 122 valence electrons. The molecule has 0 unspecified atom stereocenters. The van der Waals surface area contributed by atoms with Gasteiger partial charge in [-0.25, -0.2) is 4.98 Å². The average molecular weight is 318 g/mol. The van der Waals surface area contributed by atoms with Gasteiger partial charge in [0.2, 0.25) is 0 Å². The lowest BCUT2D eigenvalue weighted by Gasteiger charge is -2.35. The van der Waals surface area contributed by atoms with E-state index in [1.165, 1.54) is 29.5 Å². The molecule has 4 heteroatoms. The molecule has 1 saturated heterocycles. The summed E-state index contributed by atoms with van der Waals surface area (Å²) < 4.78 is 0. The molecule has 0 spiro atoms. The number of nitrogen functional groups attached to an aromatic ring is 1. The van der Waals surface area contributed by atoms with Gasteiger partial charge in [-0.1, -0.05) is 31.2 Å². The molecule has 2 aromatic rings. The van der Waals surface area contributed by atoms with E-state index in [9.17, 15) is 5.26 Å². The third-order valence-corrected chi connectivity index (χ3v) is 5.43. The first-order valence-electron chi connectivity index (χ1n) is 8.74. The van der Waals surface area contributed by atoms with Crippen molar-refractivity contribution in [3.05, 3.63) is 41.0 Å². The lowest BCUT2D eigenvalue weighted by atomic mass is 9.86. The maximum absolute atomic E-state index is 9.68. The third kappa shape index (κ3) is 2.32. The van der Waals surface area contributed by atoms with Crippen LogP contribution in [0, 0.1) is 17.2 Å². The summed E-state index contributed by atoms with van der Waals surface area (Å²) in [5.41, 5.74) is 12.5. The van der Waals surface area contributed by atoms with Crippen molar-refractivity contribution in [2.75, 3.05) is 23.7 Å². The fourth-order valence-electron chi connectivity index (χ4n) is 4.01. The van der Waals surface area contributed by atoms with E-state index in [1.54, 1.807) is 0 Å². The molecule has 0 saturated carbocycles. The largest absolute Gasteiger partial charge is 0.383 e. The molecule has 1 aromatic heterocycles. The Morgan fingerprint density at radius 3 is 2.71 bits per heavy atom. The normalized spacial score (nSPS) is 17.1. The van der Waals surface area contributed by atoms with Crippen molar-refractivity contribution in [3.63, 3.8) is 0 Å². The minimum Gasteiger partial charge on any atom is -0.383 e. The van der Waals surface area contributed by atoms with Gasteiger partial charge < -0.3 is 10.6 Å². The lowest BCUT2D eigenvalue weighted by Crippen LogP contribution is -2.34. The molecule has 4 nitrogen and oxygen atoms in total. The summed E-state index contributed by atoms with van der Waals surface area (Å²) in [6.07, 6.45) is 4.25. The number of aromatic nitrogens is 1. The van der Waals surface area contributed by atoms with Gasteiger partial charge in [0.25, 0.3) is 0 Å². The average Bonchev–Trinajstić information content (AvgIpc) is 2.61. The van der Waals surface area contributed by atoms with E-state index in [2.05, 4.69) is 41.1 Å². The van der Waals surface area contributed by atoms with E-state index in [0.717, 1.165) is 43.2 Å². The van der Waals surface area contributed by atoms with Gasteiger partial charge in [-0.15, -0.1) is 0 Å². The van der Waals surface area contributed by atoms with Gasteiger partial charge >= 0.3 is 0 Å². The summed E-state index contributed by atoms with van der Waals surface area (Å²) in [7, 11) is 0. The molecule has 0 amide bonds. The van der Waals surface area contributed by atoms with Gasteiger partial charge in [-0.3, -0.25) is 0 Å². The number of fused-ring (bicyclic) bond motifs is 3. The standard InChI is InChI=1S/C20H22N4/c1-13-8-10-24(11-9-13)19-16-7-6-14-4-2-3-5-15(14)18(16)23-20(22)17(19)12-21/h2-5,13H,6-11H2,1H3,(H2,22,23). The predicted octanol–water partition coefficient (Wildman–Crippen LogP) is 3.54. The fraction of sp³-hybridized carbons (Fsp3) is 0.400. The lowest BCUT2D eigenvalue weighted by molar-refractivity contribution is 0.437. The molecule has 1 aliphatic heterocycles. The first-order valence-corrected chi connectivity index (χ1v) is 8.74. The fourth-order valence-corrected chi connectivity index (χ4v) is 4.01. The number of pyridine rings is 1. The Bertz CT molecular complexity index is 826. The maximum Gasteiger partial charge on any atom is 0.144 e. The van der Waals surface area contributed by atoms with Gasteiger partial charge in [0, 0.05) is 24.2 Å². The maximum atomic E-state index is 9.68. The minimum absolute atomic E-state index is 0.363. The highest BCUT2D eigenvalue weighted by molar-refractivity contribution is 5.82. The highest BCUT2D eigenvalue weighted by Crippen LogP contribution is 2.41. The minimum atomic E-state index is 0.363. The Hall–Kier alpha value is -2.54. The van der Waals surface area contributed by atoms with Crippen LogP contribution in [0.5, 0.6) is 0 Å². The van der Waals surface area contributed by atoms with Crippen LogP contribution in [-0.4, -0.2) is 18.1 Å². The zero-order valence-electron chi connectivity index (χ0n) is 14.0. The van der Waals surface area contributed by atoms with Crippen LogP contribution in [0.2, 0.25) is 0 Å². The number of nitrogens with two attached hydrogens (primary N) is 1. The van der Waals surface area contributed by atoms with Crippen LogP contribution in [0.1, 0.15) is 36.5 Å². The SMILES string of the molecule is CC1CCN(c2c(C#N)c(N)nc3c2CCc2ccccc2-3)CC1. The Morgan fingerprint density at radius 2 is 1.96 bits per heavy atom. The van der Waals surface area contributed by atoms with E-state index in [-0.39, 0.29) is 0 Å². The number of hydrogen-bond acceptors (Lipinski definition) is 4. The quantitative estimate of drug-likeness (QED) is 0.873. The number of nitriles is 1. The van der Waals surface area contributed by atoms with Crippen molar-refractivity contribution in [3.8, 4) is 17.3 Å². The smallest absolute Gasteiger partial charge is 0.144 e. The second kappa shape index (κ2) is 5.83. The second-order valence-electron chi connectivity index (χ2n) is 6.99. The van der Waals surface area contributed by atoms with Crippen LogP contribution in [0.4, 0.5) is 11.5 Å². The monoisotopic (exact) mass is 318 g/mol. The third-order valence-electron chi connectivity index (χ3n) is 5.43. The van der Waals surface area contributed by atoms with Crippen molar-refractivity contribution in [1.82, 2.24) is 4.98 Å². The Balaban J connectivity index is 1.90. The molecule has 2 heterocycles. The number of nitrogens with zero attached hydrogens (tertiary/aromatic N) is 3. The highest BCUT2D eigenvalue weighted by atomic mass is 15.1. The van der Waals surface area contributed by atoms with Crippen LogP contribution in [-0.2, 0) is 12.8 Å². The van der Waals surface area contributed by atoms with Gasteiger partial charge in [0.15, 0.2) is 0 Å². The molecule has 0 bridgehead atoms. The molecular formula is C20H22N4. The van der Waals surface area contributed by atoms with Crippen molar-refractivity contribution in [2.45, 2.75) is 32.6 Å². The molecule has 0 atom stereocenters. The van der Waals surface area contributed by atoms with Gasteiger partial charge in [0.1, 0.15) is 17.5 Å². The van der Waals surface area contributed by atoms with Crippen molar-refractivity contribution in [1.29, 1.82) is 5.26 Å². The summed E-state index contributed by atoms with van der Waals surface area (Å²) >= 11 is 0. The number of anilines is 2. The van der Waals surface area contributed by atoms with Crippen LogP contribution in [0.15, 0.2) is 24.3 Å². The summed E-state index contributed by atoms with van der Waals surface area (Å²) in [4.78, 5) is 6.99. The molecule has 0 radical (unpaired) electrons. The first-order chi connectivity index (χ1) is 11.7. The molecular weight excluding hydrogens is 296 g/mol. The summed E-state index contributed by atoms with van der Waals surface area (Å²) in [6, 6.07) is 10.7. The van der Waals surface area contributed by atoms with Gasteiger partial charge in [-0.05, 0) is 37.2 Å². The van der Waals surface area contributed by atoms with Crippen molar-refractivity contribution in [2.24, 2.45) is 5.92 Å². The van der Waals surface area contributed by atoms with Crippen molar-refractivity contribution < 1.29 is 0 Å². The van der Waals surface area contributed by atoms with Crippen molar-refractivity contribution >= 4 is 11.5 Å². The summed E-state index contributed by atoms with van der Waals surface area (Å²) in [6.45, 7) is 4.29. The Kier molecular flexibility index (Phi) is 3.65. The molecule has 1 fully saturated rings. The van der Waals surface area contributed by atoms with E-state index < -0.39 is 0 Å². The summed E-state index contributed by atoms with van der Waals surface area (Å²) in [5.74, 6) is 1.11. The van der Waals surface area contributed by atoms with Crippen LogP contribution < -0.4 is 10.6 Å². The molecule has 1 aromatic carbocycles. The van der Waals surface area contributed by atoms with Crippen LogP contribution >= 0.6 is 0 Å². The Labute approximate surface area is 142 Å². The van der Waals surface area contributed by atoms with E-state index >= 15 is 0 Å². The van der Waals surface area contributed by atoms with E-state index in [1.807, 2.05) is 6.07 Å². The van der Waals surface area contributed by atoms with Gasteiger partial charge in [-0.2, -0.15) is 5.26 Å². The molecule has 2 N–H and O–H groups in total. The number of rotatable bonds is 1. The number of piperidine rings is 1. The number of benzene rings is 1. The van der Waals surface area contributed by atoms with E-state index in [0.29, 0.717) is 11.4 Å². The molecule has 24 heavy (non-hydrogen) atoms. The molecule has 1 aliphatic carbocycles. The molecule has 2 aliphatic rings. The zero-order valence-corrected chi connectivity index (χ0v) is 14.0. The van der Waals surface area contributed by atoms with Crippen LogP contribution in [0.25, 0.3) is 11.3 Å². The summed E-state index contributed by atoms with van der Waals surface area (Å²) in [5, 5.41) is 9.68. The second-order valence-corrected chi connectivity index (χ2v) is 6.99. The van der Waals surface area contributed by atoms with E-state index in [4.69, 9.17) is 5.73 Å². The Morgan fingerprint density at radius 1 is 1.21 bits per heavy atom. The molecule has 4 rings (SSSR count). The highest BCUT2D eigenvalue weighted by Gasteiger charge is 2.28. The predicted molar refractivity (Wildman–Crippen MR) is 96.8 cm³/mol. The van der Waals surface area contributed by atoms with Gasteiger partial charge in [0.05, 0.1) is 11.4 Å². The number of aryl methyl sites for hydroxylation is 1. The zero-order chi connectivity index (χ0) is 16.7.